The summed E-state index contributed by atoms with van der Waals surface area (Å²) in [5, 5.41) is 2.96. The van der Waals surface area contributed by atoms with Crippen molar-refractivity contribution in [3.8, 4) is 23.0 Å². The van der Waals surface area contributed by atoms with Crippen molar-refractivity contribution in [2.45, 2.75) is 12.3 Å². The summed E-state index contributed by atoms with van der Waals surface area (Å²) < 4.78 is 21.7. The smallest absolute Gasteiger partial charge is 0.231 e. The van der Waals surface area contributed by atoms with Crippen molar-refractivity contribution in [1.82, 2.24) is 0 Å². The van der Waals surface area contributed by atoms with Gasteiger partial charge in [-0.25, -0.2) is 0 Å². The number of benzene rings is 3. The van der Waals surface area contributed by atoms with E-state index in [1.54, 1.807) is 14.2 Å². The van der Waals surface area contributed by atoms with E-state index in [4.69, 9.17) is 18.9 Å². The third-order valence-corrected chi connectivity index (χ3v) is 5.08. The second-order valence-electron chi connectivity index (χ2n) is 6.89. The Kier molecular flexibility index (Phi) is 5.75. The van der Waals surface area contributed by atoms with E-state index >= 15 is 0 Å². The molecule has 0 saturated heterocycles. The van der Waals surface area contributed by atoms with Crippen LogP contribution < -0.4 is 24.3 Å². The molecule has 1 N–H and O–H groups in total. The summed E-state index contributed by atoms with van der Waals surface area (Å²) in [6, 6.07) is 20.8. The number of carbonyl (C=O) groups excluding carboxylic acids is 1. The van der Waals surface area contributed by atoms with Crippen LogP contribution in [0.3, 0.4) is 0 Å². The Morgan fingerprint density at radius 1 is 0.967 bits per heavy atom. The molecule has 0 radical (unpaired) electrons. The van der Waals surface area contributed by atoms with Crippen molar-refractivity contribution in [3.63, 3.8) is 0 Å². The fourth-order valence-electron chi connectivity index (χ4n) is 3.56. The van der Waals surface area contributed by atoms with E-state index in [-0.39, 0.29) is 25.0 Å². The van der Waals surface area contributed by atoms with E-state index in [2.05, 4.69) is 5.32 Å². The molecular formula is C24H23NO5. The third-order valence-electron chi connectivity index (χ3n) is 5.08. The molecule has 0 fully saturated rings. The van der Waals surface area contributed by atoms with Gasteiger partial charge in [-0.15, -0.1) is 0 Å². The number of hydrogen-bond acceptors (Lipinski definition) is 5. The van der Waals surface area contributed by atoms with Crippen LogP contribution >= 0.6 is 0 Å². The lowest BCUT2D eigenvalue weighted by atomic mass is 9.87. The highest BCUT2D eigenvalue weighted by Gasteiger charge is 2.24. The molecule has 4 rings (SSSR count). The average molecular weight is 405 g/mol. The molecule has 0 saturated carbocycles. The number of ether oxygens (including phenoxy) is 4. The first-order valence-corrected chi connectivity index (χ1v) is 9.64. The van der Waals surface area contributed by atoms with Crippen molar-refractivity contribution >= 4 is 11.6 Å². The van der Waals surface area contributed by atoms with Gasteiger partial charge in [0.15, 0.2) is 11.5 Å². The Balaban J connectivity index is 1.62. The average Bonchev–Trinajstić information content (AvgIpc) is 3.26. The summed E-state index contributed by atoms with van der Waals surface area (Å²) in [5.74, 6) is 2.54. The zero-order chi connectivity index (χ0) is 20.9. The van der Waals surface area contributed by atoms with E-state index in [0.717, 1.165) is 22.6 Å². The van der Waals surface area contributed by atoms with Crippen LogP contribution in [0.1, 0.15) is 23.5 Å². The molecule has 1 heterocycles. The van der Waals surface area contributed by atoms with E-state index in [1.165, 1.54) is 0 Å². The molecule has 0 spiro atoms. The second-order valence-corrected chi connectivity index (χ2v) is 6.89. The van der Waals surface area contributed by atoms with Crippen LogP contribution in [0.4, 0.5) is 5.69 Å². The van der Waals surface area contributed by atoms with E-state index in [0.29, 0.717) is 17.2 Å². The number of rotatable bonds is 7. The minimum absolute atomic E-state index is 0.103. The van der Waals surface area contributed by atoms with Gasteiger partial charge in [-0.1, -0.05) is 24.3 Å². The molecule has 1 amide bonds. The van der Waals surface area contributed by atoms with Crippen molar-refractivity contribution < 1.29 is 23.7 Å². The molecule has 1 aliphatic rings. The Hall–Kier alpha value is -3.67. The largest absolute Gasteiger partial charge is 0.497 e. The molecule has 30 heavy (non-hydrogen) atoms. The molecule has 1 atom stereocenters. The quantitative estimate of drug-likeness (QED) is 0.623. The van der Waals surface area contributed by atoms with Gasteiger partial charge in [-0.2, -0.15) is 0 Å². The van der Waals surface area contributed by atoms with Crippen molar-refractivity contribution in [1.29, 1.82) is 0 Å². The number of amides is 1. The Labute approximate surface area is 175 Å². The summed E-state index contributed by atoms with van der Waals surface area (Å²) in [4.78, 5) is 12.9. The molecule has 0 bridgehead atoms. The molecule has 6 nitrogen and oxygen atoms in total. The highest BCUT2D eigenvalue weighted by molar-refractivity contribution is 5.91. The summed E-state index contributed by atoms with van der Waals surface area (Å²) in [5.41, 5.74) is 2.60. The molecule has 1 aliphatic heterocycles. The topological polar surface area (TPSA) is 66.0 Å². The lowest BCUT2D eigenvalue weighted by Crippen LogP contribution is -2.17. The molecule has 0 aliphatic carbocycles. The van der Waals surface area contributed by atoms with Crippen LogP contribution in [0.5, 0.6) is 23.0 Å². The summed E-state index contributed by atoms with van der Waals surface area (Å²) in [7, 11) is 3.24. The first-order valence-electron chi connectivity index (χ1n) is 9.64. The minimum Gasteiger partial charge on any atom is -0.497 e. The summed E-state index contributed by atoms with van der Waals surface area (Å²) in [6.45, 7) is 0.204. The lowest BCUT2D eigenvalue weighted by Gasteiger charge is -2.20. The Morgan fingerprint density at radius 3 is 2.50 bits per heavy atom. The predicted molar refractivity (Wildman–Crippen MR) is 114 cm³/mol. The SMILES string of the molecule is COc1ccc(NC(=O)CC(c2ccc3c(c2)OCO3)c2ccccc2OC)cc1. The normalized spacial score (nSPS) is 12.9. The number of nitrogens with one attached hydrogen (secondary N) is 1. The fraction of sp³-hybridized carbons (Fsp3) is 0.208. The van der Waals surface area contributed by atoms with E-state index in [9.17, 15) is 4.79 Å². The highest BCUT2D eigenvalue weighted by Crippen LogP contribution is 2.40. The Bertz CT molecular complexity index is 1030. The van der Waals surface area contributed by atoms with Gasteiger partial charge in [0.25, 0.3) is 0 Å². The molecule has 154 valence electrons. The van der Waals surface area contributed by atoms with Crippen LogP contribution in [-0.4, -0.2) is 26.9 Å². The summed E-state index contributed by atoms with van der Waals surface area (Å²) >= 11 is 0. The van der Waals surface area contributed by atoms with Crippen molar-refractivity contribution in [2.24, 2.45) is 0 Å². The zero-order valence-corrected chi connectivity index (χ0v) is 16.9. The first kappa shape index (κ1) is 19.6. The third kappa shape index (κ3) is 4.17. The molecule has 6 heteroatoms. The van der Waals surface area contributed by atoms with Crippen molar-refractivity contribution in [3.05, 3.63) is 77.9 Å². The molecule has 3 aromatic rings. The minimum atomic E-state index is -0.214. The van der Waals surface area contributed by atoms with Gasteiger partial charge < -0.3 is 24.3 Å². The Morgan fingerprint density at radius 2 is 1.73 bits per heavy atom. The number of anilines is 1. The van der Waals surface area contributed by atoms with Crippen LogP contribution in [0.25, 0.3) is 0 Å². The maximum Gasteiger partial charge on any atom is 0.231 e. The van der Waals surface area contributed by atoms with Crippen LogP contribution in [0.2, 0.25) is 0 Å². The number of methoxy groups -OCH3 is 2. The second kappa shape index (κ2) is 8.78. The number of para-hydroxylation sites is 1. The summed E-state index contributed by atoms with van der Waals surface area (Å²) in [6.07, 6.45) is 0.242. The standard InChI is InChI=1S/C24H23NO5/c1-27-18-10-8-17(9-11-18)25-24(26)14-20(19-5-3-4-6-21(19)28-2)16-7-12-22-23(13-16)30-15-29-22/h3-13,20H,14-15H2,1-2H3,(H,25,26). The van der Waals surface area contributed by atoms with Gasteiger partial charge in [-0.05, 0) is 48.0 Å². The van der Waals surface area contributed by atoms with E-state index < -0.39 is 0 Å². The predicted octanol–water partition coefficient (Wildman–Crippen LogP) is 4.59. The number of carbonyl (C=O) groups is 1. The number of fused-ring (bicyclic) bond motifs is 1. The van der Waals surface area contributed by atoms with Gasteiger partial charge >= 0.3 is 0 Å². The van der Waals surface area contributed by atoms with E-state index in [1.807, 2.05) is 66.7 Å². The van der Waals surface area contributed by atoms with Crippen molar-refractivity contribution in [2.75, 3.05) is 26.3 Å². The fourth-order valence-corrected chi connectivity index (χ4v) is 3.56. The van der Waals surface area contributed by atoms with Crippen LogP contribution in [-0.2, 0) is 4.79 Å². The molecule has 3 aromatic carbocycles. The van der Waals surface area contributed by atoms with Gasteiger partial charge in [-0.3, -0.25) is 4.79 Å². The monoisotopic (exact) mass is 405 g/mol. The zero-order valence-electron chi connectivity index (χ0n) is 16.9. The lowest BCUT2D eigenvalue weighted by molar-refractivity contribution is -0.116. The molecular weight excluding hydrogens is 382 g/mol. The maximum absolute atomic E-state index is 12.9. The molecule has 1 unspecified atom stereocenters. The maximum atomic E-state index is 12.9. The van der Waals surface area contributed by atoms with Crippen LogP contribution in [0.15, 0.2) is 66.7 Å². The number of hydrogen-bond donors (Lipinski definition) is 1. The van der Waals surface area contributed by atoms with Gasteiger partial charge in [0.2, 0.25) is 12.7 Å². The first-order chi connectivity index (χ1) is 14.7. The van der Waals surface area contributed by atoms with Gasteiger partial charge in [0, 0.05) is 23.6 Å². The highest BCUT2D eigenvalue weighted by atomic mass is 16.7. The van der Waals surface area contributed by atoms with Crippen LogP contribution in [0, 0.1) is 0 Å². The van der Waals surface area contributed by atoms with Gasteiger partial charge in [0.1, 0.15) is 11.5 Å². The van der Waals surface area contributed by atoms with Gasteiger partial charge in [0.05, 0.1) is 14.2 Å². The molecule has 0 aromatic heterocycles.